The fraction of sp³-hybridized carbons (Fsp3) is 0.333. The molecule has 0 aliphatic carbocycles. The highest BCUT2D eigenvalue weighted by molar-refractivity contribution is 8.03. The first-order chi connectivity index (χ1) is 22.7. The molecule has 0 unspecified atom stereocenters. The first-order valence-corrected chi connectivity index (χ1v) is 17.0. The number of anilines is 3. The average Bonchev–Trinajstić information content (AvgIpc) is 3.08. The van der Waals surface area contributed by atoms with Gasteiger partial charge in [0.1, 0.15) is 17.6 Å². The lowest BCUT2D eigenvalue weighted by molar-refractivity contribution is 0.346. The van der Waals surface area contributed by atoms with E-state index in [0.29, 0.717) is 17.1 Å². The van der Waals surface area contributed by atoms with Gasteiger partial charge in [0.2, 0.25) is 0 Å². The molecular weight excluding hydrogens is 601 g/mol. The highest BCUT2D eigenvalue weighted by Crippen LogP contribution is 2.40. The maximum atomic E-state index is 9.90. The van der Waals surface area contributed by atoms with Crippen LogP contribution in [-0.2, 0) is 0 Å². The van der Waals surface area contributed by atoms with E-state index < -0.39 is 0 Å². The number of pyridine rings is 1. The van der Waals surface area contributed by atoms with Crippen LogP contribution >= 0.6 is 11.8 Å². The SMILES string of the molecule is C=C/C=C(\C=C/C)Oc1ccc(Nc2c(C#N)cnc(C)c2SC(Nc2ccc(C)cc2)=C(C)CC)cc1.CCN(C)CCCNC. The molecule has 3 rings (SSSR count). The van der Waals surface area contributed by atoms with Crippen LogP contribution in [0.2, 0.25) is 0 Å². The number of hydrogen-bond donors (Lipinski definition) is 3. The summed E-state index contributed by atoms with van der Waals surface area (Å²) in [5.74, 6) is 1.40. The van der Waals surface area contributed by atoms with Crippen LogP contribution in [0.1, 0.15) is 57.4 Å². The van der Waals surface area contributed by atoms with Crippen LogP contribution in [0.15, 0.2) is 107 Å². The maximum Gasteiger partial charge on any atom is 0.127 e. The number of thioether (sulfide) groups is 1. The molecule has 0 spiro atoms. The van der Waals surface area contributed by atoms with Crippen LogP contribution in [0.25, 0.3) is 0 Å². The Morgan fingerprint density at radius 3 is 2.34 bits per heavy atom. The Morgan fingerprint density at radius 1 is 1.09 bits per heavy atom. The summed E-state index contributed by atoms with van der Waals surface area (Å²) in [6, 6.07) is 18.3. The van der Waals surface area contributed by atoms with Gasteiger partial charge in [-0.15, -0.1) is 0 Å². The Kier molecular flexibility index (Phi) is 17.8. The van der Waals surface area contributed by atoms with E-state index in [-0.39, 0.29) is 0 Å². The molecule has 0 bridgehead atoms. The highest BCUT2D eigenvalue weighted by Gasteiger charge is 2.17. The topological polar surface area (TPSA) is 85.2 Å². The van der Waals surface area contributed by atoms with Crippen LogP contribution < -0.4 is 20.7 Å². The minimum absolute atomic E-state index is 0.478. The van der Waals surface area contributed by atoms with E-state index in [2.05, 4.69) is 97.5 Å². The monoisotopic (exact) mass is 652 g/mol. The van der Waals surface area contributed by atoms with Gasteiger partial charge in [-0.3, -0.25) is 4.98 Å². The Labute approximate surface area is 287 Å². The van der Waals surface area contributed by atoms with Gasteiger partial charge in [-0.05, 0) is 128 Å². The van der Waals surface area contributed by atoms with Gasteiger partial charge < -0.3 is 25.6 Å². The van der Waals surface area contributed by atoms with Crippen LogP contribution in [0.4, 0.5) is 17.1 Å². The number of nitriles is 1. The van der Waals surface area contributed by atoms with E-state index in [9.17, 15) is 5.26 Å². The molecule has 0 aliphatic rings. The van der Waals surface area contributed by atoms with Gasteiger partial charge in [-0.1, -0.05) is 62.0 Å². The van der Waals surface area contributed by atoms with Crippen molar-refractivity contribution >= 4 is 28.8 Å². The average molecular weight is 653 g/mol. The second-order valence-corrected chi connectivity index (χ2v) is 12.1. The molecular formula is C39H52N6OS. The van der Waals surface area contributed by atoms with Gasteiger partial charge in [0.15, 0.2) is 0 Å². The lowest BCUT2D eigenvalue weighted by Gasteiger charge is -2.19. The third-order valence-corrected chi connectivity index (χ3v) is 8.60. The molecule has 0 saturated carbocycles. The summed E-state index contributed by atoms with van der Waals surface area (Å²) in [6.07, 6.45) is 11.1. The van der Waals surface area contributed by atoms with E-state index >= 15 is 0 Å². The molecule has 47 heavy (non-hydrogen) atoms. The van der Waals surface area contributed by atoms with Crippen LogP contribution in [-0.4, -0.2) is 43.6 Å². The predicted octanol–water partition coefficient (Wildman–Crippen LogP) is 9.73. The Morgan fingerprint density at radius 2 is 1.77 bits per heavy atom. The van der Waals surface area contributed by atoms with Crippen molar-refractivity contribution in [2.75, 3.05) is 44.4 Å². The summed E-state index contributed by atoms with van der Waals surface area (Å²) in [7, 11) is 4.14. The van der Waals surface area contributed by atoms with Crippen molar-refractivity contribution < 1.29 is 4.74 Å². The zero-order chi connectivity index (χ0) is 34.6. The standard InChI is InChI=1S/C32H34N4OS.C7H18N2/c1-7-10-28(11-8-2)37-29-18-16-26(17-19-29)35-30-25(20-33)21-34-24(6)31(30)38-32(23(5)9-3)36-27-14-12-22(4)13-15-27;1-4-9(3)7-5-6-8-2/h7-8,10-19,21,36H,1,9H2,2-6H3,(H,34,35);8H,4-7H2,1-3H3/b11-8-,28-10+,32-23?;. The molecule has 0 saturated heterocycles. The molecule has 1 heterocycles. The minimum atomic E-state index is 0.478. The van der Waals surface area contributed by atoms with Crippen molar-refractivity contribution in [1.82, 2.24) is 15.2 Å². The smallest absolute Gasteiger partial charge is 0.127 e. The number of aryl methyl sites for hydroxylation is 2. The fourth-order valence-electron chi connectivity index (χ4n) is 4.15. The van der Waals surface area contributed by atoms with Crippen molar-refractivity contribution in [1.29, 1.82) is 5.26 Å². The molecule has 250 valence electrons. The molecule has 0 radical (unpaired) electrons. The van der Waals surface area contributed by atoms with Crippen LogP contribution in [0, 0.1) is 25.2 Å². The largest absolute Gasteiger partial charge is 0.457 e. The number of nitrogens with zero attached hydrogens (tertiary/aromatic N) is 3. The van der Waals surface area contributed by atoms with Gasteiger partial charge in [0, 0.05) is 17.6 Å². The summed E-state index contributed by atoms with van der Waals surface area (Å²) < 4.78 is 5.94. The first kappa shape index (κ1) is 38.9. The van der Waals surface area contributed by atoms with E-state index in [4.69, 9.17) is 4.74 Å². The van der Waals surface area contributed by atoms with E-state index in [0.717, 1.165) is 52.2 Å². The minimum Gasteiger partial charge on any atom is -0.457 e. The number of aromatic nitrogens is 1. The molecule has 3 N–H and O–H groups in total. The number of ether oxygens (including phenoxy) is 1. The zero-order valence-corrected chi connectivity index (χ0v) is 30.2. The summed E-state index contributed by atoms with van der Waals surface area (Å²) in [4.78, 5) is 7.73. The van der Waals surface area contributed by atoms with Crippen molar-refractivity contribution in [3.63, 3.8) is 0 Å². The molecule has 8 heteroatoms. The molecule has 2 aromatic carbocycles. The molecule has 1 aromatic heterocycles. The lowest BCUT2D eigenvalue weighted by Crippen LogP contribution is -2.22. The molecule has 0 aliphatic heterocycles. The van der Waals surface area contributed by atoms with Gasteiger partial charge in [-0.25, -0.2) is 0 Å². The zero-order valence-electron chi connectivity index (χ0n) is 29.4. The Balaban J connectivity index is 0.000000745. The van der Waals surface area contributed by atoms with Crippen LogP contribution in [0.5, 0.6) is 5.75 Å². The number of hydrogen-bond acceptors (Lipinski definition) is 8. The molecule has 0 fully saturated rings. The fourth-order valence-corrected chi connectivity index (χ4v) is 5.30. The highest BCUT2D eigenvalue weighted by atomic mass is 32.2. The van der Waals surface area contributed by atoms with Gasteiger partial charge >= 0.3 is 0 Å². The molecule has 0 atom stereocenters. The third kappa shape index (κ3) is 13.5. The second kappa shape index (κ2) is 21.5. The van der Waals surface area contributed by atoms with E-state index in [1.165, 1.54) is 24.1 Å². The number of allylic oxidation sites excluding steroid dienone is 5. The normalized spacial score (nSPS) is 11.8. The molecule has 7 nitrogen and oxygen atoms in total. The summed E-state index contributed by atoms with van der Waals surface area (Å²) in [5.41, 5.74) is 6.33. The first-order valence-electron chi connectivity index (χ1n) is 16.1. The van der Waals surface area contributed by atoms with Crippen molar-refractivity contribution in [2.24, 2.45) is 0 Å². The summed E-state index contributed by atoms with van der Waals surface area (Å²) in [6.45, 7) is 19.6. The third-order valence-electron chi connectivity index (χ3n) is 7.24. The van der Waals surface area contributed by atoms with Gasteiger partial charge in [0.05, 0.1) is 26.9 Å². The Bertz CT molecular complexity index is 1540. The quantitative estimate of drug-likeness (QED) is 0.0610. The summed E-state index contributed by atoms with van der Waals surface area (Å²) in [5, 5.41) is 21.1. The predicted molar refractivity (Wildman–Crippen MR) is 203 cm³/mol. The lowest BCUT2D eigenvalue weighted by atomic mass is 10.2. The number of benzene rings is 2. The Hall–Kier alpha value is -4.29. The van der Waals surface area contributed by atoms with Crippen molar-refractivity contribution in [3.05, 3.63) is 119 Å². The summed E-state index contributed by atoms with van der Waals surface area (Å²) >= 11 is 1.59. The van der Waals surface area contributed by atoms with Crippen molar-refractivity contribution in [3.8, 4) is 11.8 Å². The van der Waals surface area contributed by atoms with Crippen molar-refractivity contribution in [2.45, 2.75) is 59.3 Å². The number of nitrogens with one attached hydrogen (secondary N) is 3. The maximum absolute atomic E-state index is 9.90. The molecule has 0 amide bonds. The van der Waals surface area contributed by atoms with E-state index in [1.807, 2.05) is 63.4 Å². The molecule has 3 aromatic rings. The second-order valence-electron chi connectivity index (χ2n) is 11.0. The van der Waals surface area contributed by atoms with Crippen LogP contribution in [0.3, 0.4) is 0 Å². The van der Waals surface area contributed by atoms with Gasteiger partial charge in [0.25, 0.3) is 0 Å². The van der Waals surface area contributed by atoms with E-state index in [1.54, 1.807) is 24.0 Å². The van der Waals surface area contributed by atoms with Gasteiger partial charge in [-0.2, -0.15) is 5.26 Å². The number of rotatable bonds is 16.